The molecular formula is C12H9F3O2S. The van der Waals surface area contributed by atoms with Gasteiger partial charge in [-0.25, -0.2) is 4.79 Å². The number of alkyl halides is 3. The Morgan fingerprint density at radius 1 is 1.39 bits per heavy atom. The van der Waals surface area contributed by atoms with Crippen molar-refractivity contribution in [2.45, 2.75) is 23.2 Å². The highest BCUT2D eigenvalue weighted by molar-refractivity contribution is 8.00. The van der Waals surface area contributed by atoms with Gasteiger partial charge in [-0.3, -0.25) is 0 Å². The van der Waals surface area contributed by atoms with Crippen molar-refractivity contribution in [2.24, 2.45) is 0 Å². The maximum absolute atomic E-state index is 12.8. The van der Waals surface area contributed by atoms with Crippen molar-refractivity contribution in [3.8, 4) is 0 Å². The predicted octanol–water partition coefficient (Wildman–Crippen LogP) is 3.50. The lowest BCUT2D eigenvalue weighted by Gasteiger charge is -2.25. The fourth-order valence-electron chi connectivity index (χ4n) is 1.71. The van der Waals surface area contributed by atoms with Crippen LogP contribution in [0.1, 0.15) is 11.1 Å². The van der Waals surface area contributed by atoms with E-state index in [4.69, 9.17) is 5.11 Å². The van der Waals surface area contributed by atoms with Gasteiger partial charge in [-0.15, -0.1) is 11.8 Å². The third kappa shape index (κ3) is 2.38. The molecule has 0 saturated carbocycles. The number of carboxylic acid groups (broad SMARTS) is 1. The molecule has 2 nitrogen and oxygen atoms in total. The van der Waals surface area contributed by atoms with E-state index in [0.717, 1.165) is 11.6 Å². The van der Waals surface area contributed by atoms with Crippen molar-refractivity contribution in [1.29, 1.82) is 0 Å². The standard InChI is InChI=1S/C12H9F3O2S/c1-6-2-3-7-5-8(11(16)17)10(12(13,14)15)18-9(7)4-6/h2-5,10H,1H3,(H,16,17)/t10-/m0/s1. The molecule has 96 valence electrons. The highest BCUT2D eigenvalue weighted by Crippen LogP contribution is 2.45. The molecule has 0 radical (unpaired) electrons. The van der Waals surface area contributed by atoms with E-state index in [2.05, 4.69) is 0 Å². The second kappa shape index (κ2) is 4.35. The lowest BCUT2D eigenvalue weighted by molar-refractivity contribution is -0.140. The van der Waals surface area contributed by atoms with Gasteiger partial charge in [0.05, 0.1) is 5.57 Å². The quantitative estimate of drug-likeness (QED) is 0.851. The summed E-state index contributed by atoms with van der Waals surface area (Å²) in [6.07, 6.45) is -3.47. The van der Waals surface area contributed by atoms with Crippen molar-refractivity contribution >= 4 is 23.8 Å². The van der Waals surface area contributed by atoms with E-state index in [-0.39, 0.29) is 0 Å². The molecule has 1 N–H and O–H groups in total. The molecule has 0 bridgehead atoms. The molecule has 1 aromatic rings. The van der Waals surface area contributed by atoms with Gasteiger partial charge in [0.1, 0.15) is 5.25 Å². The zero-order chi connectivity index (χ0) is 13.5. The number of hydrogen-bond acceptors (Lipinski definition) is 2. The van der Waals surface area contributed by atoms with E-state index in [0.29, 0.717) is 22.2 Å². The molecule has 1 aliphatic rings. The molecule has 0 fully saturated rings. The number of halogens is 3. The summed E-state index contributed by atoms with van der Waals surface area (Å²) in [6.45, 7) is 1.78. The van der Waals surface area contributed by atoms with E-state index in [1.807, 2.05) is 0 Å². The van der Waals surface area contributed by atoms with Crippen LogP contribution in [0.4, 0.5) is 13.2 Å². The summed E-state index contributed by atoms with van der Waals surface area (Å²) in [7, 11) is 0. The Kier molecular flexibility index (Phi) is 3.14. The highest BCUT2D eigenvalue weighted by Gasteiger charge is 2.46. The van der Waals surface area contributed by atoms with Gasteiger partial charge < -0.3 is 5.11 Å². The Balaban J connectivity index is 2.53. The van der Waals surface area contributed by atoms with Gasteiger partial charge in [0.2, 0.25) is 0 Å². The summed E-state index contributed by atoms with van der Waals surface area (Å²) >= 11 is 0.540. The molecule has 2 rings (SSSR count). The lowest BCUT2D eigenvalue weighted by atomic mass is 10.1. The first-order chi connectivity index (χ1) is 8.29. The van der Waals surface area contributed by atoms with E-state index >= 15 is 0 Å². The maximum Gasteiger partial charge on any atom is 0.405 e. The van der Waals surface area contributed by atoms with Crippen LogP contribution in [0.5, 0.6) is 0 Å². The normalized spacial score (nSPS) is 19.1. The first kappa shape index (κ1) is 13.0. The monoisotopic (exact) mass is 274 g/mol. The Morgan fingerprint density at radius 2 is 2.06 bits per heavy atom. The topological polar surface area (TPSA) is 37.3 Å². The number of carbonyl (C=O) groups is 1. The molecular weight excluding hydrogens is 265 g/mol. The van der Waals surface area contributed by atoms with Gasteiger partial charge in [-0.2, -0.15) is 13.2 Å². The zero-order valence-corrected chi connectivity index (χ0v) is 10.1. The Labute approximate surface area is 106 Å². The largest absolute Gasteiger partial charge is 0.478 e. The van der Waals surface area contributed by atoms with Gasteiger partial charge in [0, 0.05) is 4.90 Å². The minimum absolute atomic E-state index is 0.460. The molecule has 0 aliphatic carbocycles. The molecule has 0 aromatic heterocycles. The number of aryl methyl sites for hydroxylation is 1. The third-order valence-corrected chi connectivity index (χ3v) is 3.92. The minimum Gasteiger partial charge on any atom is -0.478 e. The molecule has 1 atom stereocenters. The molecule has 0 saturated heterocycles. The molecule has 0 spiro atoms. The van der Waals surface area contributed by atoms with Crippen LogP contribution in [0.25, 0.3) is 6.08 Å². The zero-order valence-electron chi connectivity index (χ0n) is 9.28. The average molecular weight is 274 g/mol. The lowest BCUT2D eigenvalue weighted by Crippen LogP contribution is -2.32. The number of rotatable bonds is 1. The third-order valence-electron chi connectivity index (χ3n) is 2.55. The average Bonchev–Trinajstić information content (AvgIpc) is 2.25. The van der Waals surface area contributed by atoms with Crippen LogP contribution in [0.15, 0.2) is 28.7 Å². The fourth-order valence-corrected chi connectivity index (χ4v) is 2.91. The van der Waals surface area contributed by atoms with E-state index in [1.165, 1.54) is 0 Å². The van der Waals surface area contributed by atoms with Crippen molar-refractivity contribution in [3.63, 3.8) is 0 Å². The van der Waals surface area contributed by atoms with Crippen molar-refractivity contribution in [2.75, 3.05) is 0 Å². The van der Waals surface area contributed by atoms with Gasteiger partial charge in [0.25, 0.3) is 0 Å². The SMILES string of the molecule is Cc1ccc2c(c1)S[C@H](C(F)(F)F)C(C(=O)O)=C2. The van der Waals surface area contributed by atoms with Crippen molar-refractivity contribution < 1.29 is 23.1 Å². The number of hydrogen-bond donors (Lipinski definition) is 1. The number of benzene rings is 1. The van der Waals surface area contributed by atoms with Crippen molar-refractivity contribution in [3.05, 3.63) is 34.9 Å². The fraction of sp³-hybridized carbons (Fsp3) is 0.250. The first-order valence-electron chi connectivity index (χ1n) is 5.08. The van der Waals surface area contributed by atoms with Crippen LogP contribution < -0.4 is 0 Å². The van der Waals surface area contributed by atoms with E-state index < -0.39 is 23.0 Å². The number of thioether (sulfide) groups is 1. The molecule has 18 heavy (non-hydrogen) atoms. The second-order valence-corrected chi connectivity index (χ2v) is 5.13. The summed E-state index contributed by atoms with van der Waals surface area (Å²) < 4.78 is 38.5. The minimum atomic E-state index is -4.57. The number of aliphatic carboxylic acids is 1. The van der Waals surface area contributed by atoms with Crippen LogP contribution in [0.3, 0.4) is 0 Å². The van der Waals surface area contributed by atoms with Gasteiger partial charge in [-0.1, -0.05) is 12.1 Å². The Morgan fingerprint density at radius 3 is 2.61 bits per heavy atom. The highest BCUT2D eigenvalue weighted by atomic mass is 32.2. The maximum atomic E-state index is 12.8. The summed E-state index contributed by atoms with van der Waals surface area (Å²) in [5.41, 5.74) is 0.738. The summed E-state index contributed by atoms with van der Waals surface area (Å²) in [6, 6.07) is 5.00. The Hall–Kier alpha value is -1.43. The van der Waals surface area contributed by atoms with Gasteiger partial charge >= 0.3 is 12.1 Å². The Bertz CT molecular complexity index is 535. The van der Waals surface area contributed by atoms with Crippen LogP contribution in [0.2, 0.25) is 0 Å². The summed E-state index contributed by atoms with van der Waals surface area (Å²) in [4.78, 5) is 11.4. The van der Waals surface area contributed by atoms with Crippen LogP contribution >= 0.6 is 11.8 Å². The number of carboxylic acids is 1. The second-order valence-electron chi connectivity index (χ2n) is 3.99. The van der Waals surface area contributed by atoms with E-state index in [9.17, 15) is 18.0 Å². The van der Waals surface area contributed by atoms with Crippen LogP contribution in [-0.4, -0.2) is 22.5 Å². The smallest absolute Gasteiger partial charge is 0.405 e. The van der Waals surface area contributed by atoms with Crippen molar-refractivity contribution in [1.82, 2.24) is 0 Å². The molecule has 1 heterocycles. The summed E-state index contributed by atoms with van der Waals surface area (Å²) in [5.74, 6) is -1.53. The molecule has 0 amide bonds. The molecule has 0 unspecified atom stereocenters. The van der Waals surface area contributed by atoms with Crippen LogP contribution in [-0.2, 0) is 4.79 Å². The van der Waals surface area contributed by atoms with Gasteiger partial charge in [0.15, 0.2) is 0 Å². The van der Waals surface area contributed by atoms with E-state index in [1.54, 1.807) is 25.1 Å². The molecule has 6 heteroatoms. The molecule has 1 aromatic carbocycles. The first-order valence-corrected chi connectivity index (χ1v) is 5.96. The summed E-state index contributed by atoms with van der Waals surface area (Å²) in [5, 5.41) is 6.86. The van der Waals surface area contributed by atoms with Gasteiger partial charge in [-0.05, 0) is 30.2 Å². The predicted molar refractivity (Wildman–Crippen MR) is 62.5 cm³/mol. The van der Waals surface area contributed by atoms with Crippen LogP contribution in [0, 0.1) is 6.92 Å². The molecule has 1 aliphatic heterocycles. The number of fused-ring (bicyclic) bond motifs is 1.